The molecule has 1 heterocycles. The van der Waals surface area contributed by atoms with E-state index in [4.69, 9.17) is 4.74 Å². The van der Waals surface area contributed by atoms with Crippen molar-refractivity contribution in [2.75, 3.05) is 11.9 Å². The summed E-state index contributed by atoms with van der Waals surface area (Å²) in [6, 6.07) is 17.3. The van der Waals surface area contributed by atoms with E-state index in [0.717, 1.165) is 27.9 Å². The molecular weight excluding hydrogens is 346 g/mol. The molecule has 1 N–H and O–H groups in total. The summed E-state index contributed by atoms with van der Waals surface area (Å²) < 4.78 is 5.21. The quantitative estimate of drug-likeness (QED) is 0.659. The maximum absolute atomic E-state index is 12.4. The summed E-state index contributed by atoms with van der Waals surface area (Å²) in [4.78, 5) is 25.0. The zero-order valence-electron chi connectivity index (χ0n) is 14.6. The van der Waals surface area contributed by atoms with Gasteiger partial charge in [0, 0.05) is 11.3 Å². The molecule has 3 rings (SSSR count). The molecule has 0 bridgehead atoms. The predicted octanol–water partition coefficient (Wildman–Crippen LogP) is 4.83. The first kappa shape index (κ1) is 17.9. The van der Waals surface area contributed by atoms with Gasteiger partial charge in [-0.1, -0.05) is 48.0 Å². The van der Waals surface area contributed by atoms with Gasteiger partial charge in [0.2, 0.25) is 0 Å². The highest BCUT2D eigenvalue weighted by molar-refractivity contribution is 7.12. The monoisotopic (exact) mass is 365 g/mol. The minimum Gasteiger partial charge on any atom is -0.451 e. The first-order valence-electron chi connectivity index (χ1n) is 8.22. The minimum absolute atomic E-state index is 0.321. The highest BCUT2D eigenvalue weighted by Crippen LogP contribution is 2.28. The van der Waals surface area contributed by atoms with E-state index >= 15 is 0 Å². The maximum atomic E-state index is 12.4. The highest BCUT2D eigenvalue weighted by Gasteiger charge is 2.17. The number of hydrogen-bond donors (Lipinski definition) is 1. The van der Waals surface area contributed by atoms with Gasteiger partial charge in [0.25, 0.3) is 5.91 Å². The molecule has 2 aromatic carbocycles. The fourth-order valence-electron chi connectivity index (χ4n) is 2.65. The van der Waals surface area contributed by atoms with Crippen LogP contribution in [0.2, 0.25) is 0 Å². The summed E-state index contributed by atoms with van der Waals surface area (Å²) in [5.74, 6) is -0.849. The van der Waals surface area contributed by atoms with Gasteiger partial charge in [-0.2, -0.15) is 0 Å². The van der Waals surface area contributed by atoms with Gasteiger partial charge in [-0.3, -0.25) is 4.79 Å². The molecule has 0 radical (unpaired) electrons. The number of amides is 1. The lowest BCUT2D eigenvalue weighted by molar-refractivity contribution is -0.119. The van der Waals surface area contributed by atoms with Gasteiger partial charge < -0.3 is 10.1 Å². The molecule has 0 aliphatic rings. The summed E-state index contributed by atoms with van der Waals surface area (Å²) in [5, 5.41) is 4.61. The maximum Gasteiger partial charge on any atom is 0.349 e. The lowest BCUT2D eigenvalue weighted by atomic mass is 10.1. The number of carbonyl (C=O) groups excluding carboxylic acids is 2. The van der Waals surface area contributed by atoms with Crippen LogP contribution in [-0.2, 0) is 9.53 Å². The van der Waals surface area contributed by atoms with E-state index in [0.29, 0.717) is 4.88 Å². The molecule has 132 valence electrons. The molecule has 0 saturated heterocycles. The Bertz CT molecular complexity index is 931. The zero-order valence-corrected chi connectivity index (χ0v) is 15.4. The van der Waals surface area contributed by atoms with Gasteiger partial charge in [-0.05, 0) is 42.5 Å². The van der Waals surface area contributed by atoms with Crippen LogP contribution in [-0.4, -0.2) is 18.5 Å². The first-order valence-corrected chi connectivity index (χ1v) is 9.09. The molecule has 1 aromatic heterocycles. The van der Waals surface area contributed by atoms with Crippen molar-refractivity contribution in [1.29, 1.82) is 0 Å². The molecule has 0 spiro atoms. The topological polar surface area (TPSA) is 55.4 Å². The molecular formula is C21H19NO3S. The number of ether oxygens (including phenoxy) is 1. The zero-order chi connectivity index (χ0) is 18.5. The fourth-order valence-corrected chi connectivity index (χ4v) is 3.46. The fraction of sp³-hybridized carbons (Fsp3) is 0.143. The van der Waals surface area contributed by atoms with E-state index in [1.807, 2.05) is 73.8 Å². The van der Waals surface area contributed by atoms with Crippen LogP contribution >= 0.6 is 11.3 Å². The van der Waals surface area contributed by atoms with Crippen LogP contribution in [0, 0.1) is 13.8 Å². The Morgan fingerprint density at radius 2 is 1.81 bits per heavy atom. The second-order valence-corrected chi connectivity index (χ2v) is 6.89. The SMILES string of the molecule is Cc1ccc(NC(=O)COC(=O)c2sccc2-c2ccccc2)c(C)c1. The molecule has 4 nitrogen and oxygen atoms in total. The van der Waals surface area contributed by atoms with Gasteiger partial charge >= 0.3 is 5.97 Å². The molecule has 3 aromatic rings. The molecule has 0 unspecified atom stereocenters. The normalized spacial score (nSPS) is 10.4. The number of carbonyl (C=O) groups is 2. The van der Waals surface area contributed by atoms with E-state index < -0.39 is 5.97 Å². The number of hydrogen-bond acceptors (Lipinski definition) is 4. The van der Waals surface area contributed by atoms with Crippen LogP contribution < -0.4 is 5.32 Å². The molecule has 0 aliphatic carbocycles. The highest BCUT2D eigenvalue weighted by atomic mass is 32.1. The molecule has 26 heavy (non-hydrogen) atoms. The van der Waals surface area contributed by atoms with Gasteiger partial charge in [0.15, 0.2) is 6.61 Å². The van der Waals surface area contributed by atoms with Crippen LogP contribution in [0.15, 0.2) is 60.0 Å². The Morgan fingerprint density at radius 3 is 2.54 bits per heavy atom. The molecule has 0 atom stereocenters. The second kappa shape index (κ2) is 7.97. The van der Waals surface area contributed by atoms with Gasteiger partial charge in [0.1, 0.15) is 4.88 Å². The van der Waals surface area contributed by atoms with E-state index in [2.05, 4.69) is 5.32 Å². The average Bonchev–Trinajstić information content (AvgIpc) is 3.13. The lowest BCUT2D eigenvalue weighted by Crippen LogP contribution is -2.21. The van der Waals surface area contributed by atoms with Crippen LogP contribution in [0.1, 0.15) is 20.8 Å². The first-order chi connectivity index (χ1) is 12.5. The van der Waals surface area contributed by atoms with Gasteiger partial charge in [0.05, 0.1) is 0 Å². The van der Waals surface area contributed by atoms with Crippen molar-refractivity contribution in [3.63, 3.8) is 0 Å². The minimum atomic E-state index is -0.491. The Kier molecular flexibility index (Phi) is 5.49. The van der Waals surface area contributed by atoms with Crippen molar-refractivity contribution in [3.05, 3.63) is 76.0 Å². The third-order valence-electron chi connectivity index (χ3n) is 3.93. The number of nitrogens with one attached hydrogen (secondary N) is 1. The van der Waals surface area contributed by atoms with Crippen LogP contribution in [0.5, 0.6) is 0 Å². The van der Waals surface area contributed by atoms with Gasteiger partial charge in [-0.25, -0.2) is 4.79 Å². The Balaban J connectivity index is 1.63. The number of thiophene rings is 1. The second-order valence-electron chi connectivity index (χ2n) is 5.97. The van der Waals surface area contributed by atoms with Gasteiger partial charge in [-0.15, -0.1) is 11.3 Å². The van der Waals surface area contributed by atoms with E-state index in [1.54, 1.807) is 0 Å². The largest absolute Gasteiger partial charge is 0.451 e. The van der Waals surface area contributed by atoms with E-state index in [9.17, 15) is 9.59 Å². The smallest absolute Gasteiger partial charge is 0.349 e. The summed E-state index contributed by atoms with van der Waals surface area (Å²) in [6.45, 7) is 3.59. The van der Waals surface area contributed by atoms with Crippen molar-refractivity contribution >= 4 is 28.9 Å². The molecule has 0 fully saturated rings. The molecule has 5 heteroatoms. The summed E-state index contributed by atoms with van der Waals surface area (Å²) in [5.41, 5.74) is 4.57. The number of aryl methyl sites for hydroxylation is 2. The van der Waals surface area contributed by atoms with E-state index in [-0.39, 0.29) is 12.5 Å². The van der Waals surface area contributed by atoms with Crippen molar-refractivity contribution in [1.82, 2.24) is 0 Å². The Labute approximate surface area is 156 Å². The predicted molar refractivity (Wildman–Crippen MR) is 105 cm³/mol. The average molecular weight is 365 g/mol. The summed E-state index contributed by atoms with van der Waals surface area (Å²) in [6.07, 6.45) is 0. The third-order valence-corrected chi connectivity index (χ3v) is 4.82. The van der Waals surface area contributed by atoms with Crippen molar-refractivity contribution < 1.29 is 14.3 Å². The number of rotatable bonds is 5. The van der Waals surface area contributed by atoms with Crippen molar-refractivity contribution in [2.24, 2.45) is 0 Å². The van der Waals surface area contributed by atoms with Crippen LogP contribution in [0.25, 0.3) is 11.1 Å². The Hall–Kier alpha value is -2.92. The third kappa shape index (κ3) is 4.18. The lowest BCUT2D eigenvalue weighted by Gasteiger charge is -2.10. The van der Waals surface area contributed by atoms with Crippen molar-refractivity contribution in [2.45, 2.75) is 13.8 Å². The summed E-state index contributed by atoms with van der Waals surface area (Å²) >= 11 is 1.31. The van der Waals surface area contributed by atoms with Crippen LogP contribution in [0.3, 0.4) is 0 Å². The molecule has 1 amide bonds. The molecule has 0 aliphatic heterocycles. The summed E-state index contributed by atoms with van der Waals surface area (Å²) in [7, 11) is 0. The van der Waals surface area contributed by atoms with Crippen LogP contribution in [0.4, 0.5) is 5.69 Å². The number of esters is 1. The molecule has 0 saturated carbocycles. The van der Waals surface area contributed by atoms with Crippen molar-refractivity contribution in [3.8, 4) is 11.1 Å². The van der Waals surface area contributed by atoms with E-state index in [1.165, 1.54) is 11.3 Å². The Morgan fingerprint density at radius 1 is 1.04 bits per heavy atom. The standard InChI is InChI=1S/C21H19NO3S/c1-14-8-9-18(15(2)12-14)22-19(23)13-25-21(24)20-17(10-11-26-20)16-6-4-3-5-7-16/h3-12H,13H2,1-2H3,(H,22,23). The number of benzene rings is 2. The number of anilines is 1.